The summed E-state index contributed by atoms with van der Waals surface area (Å²) in [6.07, 6.45) is 2.55. The summed E-state index contributed by atoms with van der Waals surface area (Å²) in [6, 6.07) is 13.7. The van der Waals surface area contributed by atoms with E-state index in [1.54, 1.807) is 4.90 Å². The molecule has 2 amide bonds. The van der Waals surface area contributed by atoms with Crippen molar-refractivity contribution in [2.24, 2.45) is 11.7 Å². The third-order valence-electron chi connectivity index (χ3n) is 4.01. The second-order valence-corrected chi connectivity index (χ2v) is 6.53. The fourth-order valence-electron chi connectivity index (χ4n) is 2.73. The number of amides is 2. The van der Waals surface area contributed by atoms with Crippen molar-refractivity contribution in [3.63, 3.8) is 0 Å². The fourth-order valence-corrected chi connectivity index (χ4v) is 3.47. The van der Waals surface area contributed by atoms with Crippen molar-refractivity contribution in [3.8, 4) is 0 Å². The topological polar surface area (TPSA) is 63.4 Å². The molecule has 3 rings (SSSR count). The van der Waals surface area contributed by atoms with Gasteiger partial charge in [0.25, 0.3) is 5.91 Å². The highest BCUT2D eigenvalue weighted by atomic mass is 32.1. The molecule has 5 heteroatoms. The fraction of sp³-hybridized carbons (Fsp3) is 0.222. The molecule has 23 heavy (non-hydrogen) atoms. The van der Waals surface area contributed by atoms with Crippen molar-refractivity contribution in [2.75, 3.05) is 13.1 Å². The molecule has 0 unspecified atom stereocenters. The Morgan fingerprint density at radius 3 is 2.57 bits per heavy atom. The van der Waals surface area contributed by atoms with Crippen LogP contribution in [0.5, 0.6) is 0 Å². The highest BCUT2D eigenvalue weighted by Gasteiger charge is 2.31. The first-order valence-electron chi connectivity index (χ1n) is 7.54. The second kappa shape index (κ2) is 6.79. The Kier molecular flexibility index (Phi) is 4.57. The van der Waals surface area contributed by atoms with Gasteiger partial charge in [-0.25, -0.2) is 0 Å². The molecule has 0 radical (unpaired) electrons. The molecule has 118 valence electrons. The summed E-state index contributed by atoms with van der Waals surface area (Å²) in [5.74, 6) is -0.606. The Bertz CT molecular complexity index is 723. The van der Waals surface area contributed by atoms with Gasteiger partial charge in [-0.05, 0) is 29.5 Å². The van der Waals surface area contributed by atoms with Gasteiger partial charge in [-0.2, -0.15) is 0 Å². The van der Waals surface area contributed by atoms with Crippen molar-refractivity contribution in [3.05, 3.63) is 58.3 Å². The molecule has 0 saturated carbocycles. The van der Waals surface area contributed by atoms with Crippen molar-refractivity contribution >= 4 is 34.8 Å². The Morgan fingerprint density at radius 1 is 1.17 bits per heavy atom. The van der Waals surface area contributed by atoms with Gasteiger partial charge in [0, 0.05) is 18.0 Å². The maximum Gasteiger partial charge on any atom is 0.255 e. The van der Waals surface area contributed by atoms with E-state index in [4.69, 9.17) is 5.73 Å². The monoisotopic (exact) mass is 326 g/mol. The number of carbonyl (C=O) groups excluding carboxylic acids is 2. The number of benzene rings is 1. The normalized spacial score (nSPS) is 18.2. The molecular formula is C18H18N2O2S. The lowest BCUT2D eigenvalue weighted by molar-refractivity contribution is -0.124. The van der Waals surface area contributed by atoms with Crippen LogP contribution in [0, 0.1) is 5.92 Å². The zero-order valence-corrected chi connectivity index (χ0v) is 13.5. The predicted molar refractivity (Wildman–Crippen MR) is 92.5 cm³/mol. The smallest absolute Gasteiger partial charge is 0.255 e. The zero-order chi connectivity index (χ0) is 16.2. The van der Waals surface area contributed by atoms with Gasteiger partial charge in [0.2, 0.25) is 5.91 Å². The van der Waals surface area contributed by atoms with E-state index in [0.717, 1.165) is 10.4 Å². The van der Waals surface area contributed by atoms with Crippen LogP contribution in [0.15, 0.2) is 47.8 Å². The molecule has 2 N–H and O–H groups in total. The molecule has 4 nitrogen and oxygen atoms in total. The number of hydrogen-bond donors (Lipinski definition) is 1. The zero-order valence-electron chi connectivity index (χ0n) is 12.6. The van der Waals surface area contributed by atoms with Crippen LogP contribution in [0.2, 0.25) is 0 Å². The van der Waals surface area contributed by atoms with Crippen LogP contribution in [0.4, 0.5) is 0 Å². The molecule has 1 aliphatic heterocycles. The van der Waals surface area contributed by atoms with E-state index < -0.39 is 0 Å². The average Bonchev–Trinajstić information content (AvgIpc) is 3.24. The van der Waals surface area contributed by atoms with Gasteiger partial charge < -0.3 is 10.6 Å². The number of carbonyl (C=O) groups is 2. The van der Waals surface area contributed by atoms with E-state index in [2.05, 4.69) is 0 Å². The van der Waals surface area contributed by atoms with Crippen LogP contribution in [-0.4, -0.2) is 29.8 Å². The van der Waals surface area contributed by atoms with Crippen molar-refractivity contribution < 1.29 is 9.59 Å². The SMILES string of the molecule is NC(=O)[C@@H]1CCN(C(=O)/C(=C/c2ccccc2)c2cccs2)C1. The third kappa shape index (κ3) is 3.51. The number of likely N-dealkylation sites (tertiary alicyclic amines) is 1. The standard InChI is InChI=1S/C18H18N2O2S/c19-17(21)14-8-9-20(12-14)18(22)15(16-7-4-10-23-16)11-13-5-2-1-3-6-13/h1-7,10-11,14H,8-9,12H2,(H2,19,21)/b15-11+/t14-/m1/s1. The van der Waals surface area contributed by atoms with Gasteiger partial charge in [-0.1, -0.05) is 36.4 Å². The van der Waals surface area contributed by atoms with Crippen molar-refractivity contribution in [1.29, 1.82) is 0 Å². The third-order valence-corrected chi connectivity index (χ3v) is 4.91. The molecule has 2 aromatic rings. The number of primary amides is 1. The van der Waals surface area contributed by atoms with Crippen LogP contribution in [-0.2, 0) is 9.59 Å². The van der Waals surface area contributed by atoms with Crippen LogP contribution in [0.25, 0.3) is 11.6 Å². The lowest BCUT2D eigenvalue weighted by Gasteiger charge is -2.17. The highest BCUT2D eigenvalue weighted by Crippen LogP contribution is 2.27. The Balaban J connectivity index is 1.89. The molecule has 1 aliphatic rings. The molecule has 1 saturated heterocycles. The predicted octanol–water partition coefficient (Wildman–Crippen LogP) is 2.62. The molecule has 1 fully saturated rings. The van der Waals surface area contributed by atoms with E-state index in [0.29, 0.717) is 25.1 Å². The minimum absolute atomic E-state index is 0.0416. The molecule has 1 aromatic heterocycles. The van der Waals surface area contributed by atoms with Crippen molar-refractivity contribution in [1.82, 2.24) is 4.90 Å². The van der Waals surface area contributed by atoms with E-state index in [9.17, 15) is 9.59 Å². The highest BCUT2D eigenvalue weighted by molar-refractivity contribution is 7.11. The van der Waals surface area contributed by atoms with Crippen LogP contribution in [0.1, 0.15) is 16.9 Å². The average molecular weight is 326 g/mol. The minimum atomic E-state index is -0.329. The quantitative estimate of drug-likeness (QED) is 0.878. The number of rotatable bonds is 4. The van der Waals surface area contributed by atoms with Crippen LogP contribution >= 0.6 is 11.3 Å². The number of nitrogens with zero attached hydrogens (tertiary/aromatic N) is 1. The Morgan fingerprint density at radius 2 is 1.96 bits per heavy atom. The summed E-state index contributed by atoms with van der Waals surface area (Å²) in [7, 11) is 0. The summed E-state index contributed by atoms with van der Waals surface area (Å²) in [5, 5.41) is 1.96. The summed E-state index contributed by atoms with van der Waals surface area (Å²) in [5.41, 5.74) is 7.01. The molecule has 0 bridgehead atoms. The van der Waals surface area contributed by atoms with E-state index in [1.165, 1.54) is 11.3 Å². The van der Waals surface area contributed by atoms with Gasteiger partial charge in [0.15, 0.2) is 0 Å². The summed E-state index contributed by atoms with van der Waals surface area (Å²) in [6.45, 7) is 0.982. The second-order valence-electron chi connectivity index (χ2n) is 5.59. The summed E-state index contributed by atoms with van der Waals surface area (Å²) in [4.78, 5) is 26.9. The lowest BCUT2D eigenvalue weighted by atomic mass is 10.1. The molecule has 1 aromatic carbocycles. The Labute approximate surface area is 139 Å². The summed E-state index contributed by atoms with van der Waals surface area (Å²) < 4.78 is 0. The number of hydrogen-bond acceptors (Lipinski definition) is 3. The van der Waals surface area contributed by atoms with Gasteiger partial charge >= 0.3 is 0 Å². The van der Waals surface area contributed by atoms with E-state index in [-0.39, 0.29) is 17.7 Å². The molecule has 0 aliphatic carbocycles. The minimum Gasteiger partial charge on any atom is -0.369 e. The van der Waals surface area contributed by atoms with Crippen molar-refractivity contribution in [2.45, 2.75) is 6.42 Å². The summed E-state index contributed by atoms with van der Waals surface area (Å²) >= 11 is 1.54. The molecule has 1 atom stereocenters. The maximum atomic E-state index is 12.9. The lowest BCUT2D eigenvalue weighted by Crippen LogP contribution is -2.32. The van der Waals surface area contributed by atoms with E-state index in [1.807, 2.05) is 53.9 Å². The van der Waals surface area contributed by atoms with Gasteiger partial charge in [0.1, 0.15) is 0 Å². The number of thiophene rings is 1. The Hall–Kier alpha value is -2.40. The number of nitrogens with two attached hydrogens (primary N) is 1. The molecular weight excluding hydrogens is 308 g/mol. The van der Waals surface area contributed by atoms with Gasteiger partial charge in [0.05, 0.1) is 11.5 Å². The van der Waals surface area contributed by atoms with E-state index >= 15 is 0 Å². The molecule has 0 spiro atoms. The first kappa shape index (κ1) is 15.5. The maximum absolute atomic E-state index is 12.9. The first-order chi connectivity index (χ1) is 11.1. The first-order valence-corrected chi connectivity index (χ1v) is 8.42. The van der Waals surface area contributed by atoms with Gasteiger partial charge in [-0.3, -0.25) is 9.59 Å². The van der Waals surface area contributed by atoms with Crippen LogP contribution in [0.3, 0.4) is 0 Å². The van der Waals surface area contributed by atoms with Crippen LogP contribution < -0.4 is 5.73 Å². The van der Waals surface area contributed by atoms with Gasteiger partial charge in [-0.15, -0.1) is 11.3 Å². The largest absolute Gasteiger partial charge is 0.369 e. The molecule has 2 heterocycles.